The third kappa shape index (κ3) is 5.53. The zero-order valence-electron chi connectivity index (χ0n) is 18.6. The van der Waals surface area contributed by atoms with Crippen molar-refractivity contribution >= 4 is 41.5 Å². The highest BCUT2D eigenvalue weighted by atomic mass is 127. The summed E-state index contributed by atoms with van der Waals surface area (Å²) in [5.41, 5.74) is 10.2. The second kappa shape index (κ2) is 9.36. The Kier molecular flexibility index (Phi) is 7.54. The molecule has 0 bridgehead atoms. The zero-order valence-corrected chi connectivity index (χ0v) is 21.0. The smallest absolute Gasteiger partial charge is 0.223 e. The van der Waals surface area contributed by atoms with Gasteiger partial charge in [-0.05, 0) is 57.9 Å². The summed E-state index contributed by atoms with van der Waals surface area (Å²) < 4.78 is 1.77. The van der Waals surface area contributed by atoms with Crippen molar-refractivity contribution in [2.24, 2.45) is 23.7 Å². The Morgan fingerprint density at radius 2 is 1.90 bits per heavy atom. The molecule has 1 fully saturated rings. The quantitative estimate of drug-likeness (QED) is 0.362. The monoisotopic (exact) mass is 524 g/mol. The molecule has 0 aliphatic carbocycles. The number of halogens is 1. The van der Waals surface area contributed by atoms with Crippen LogP contribution in [-0.4, -0.2) is 38.6 Å². The van der Waals surface area contributed by atoms with E-state index in [1.807, 2.05) is 36.5 Å². The summed E-state index contributed by atoms with van der Waals surface area (Å²) in [6, 6.07) is 6.12. The number of benzene rings is 1. The Balaban J connectivity index is 0.00000320. The SMILES string of the molecule is Cc1cc(C)cc(NC(N)=NC[C@@H]2CC(=O)N(C(C)(C)C)[C@H]2c2cnn(C)c2)c1.I. The lowest BCUT2D eigenvalue weighted by Gasteiger charge is -2.38. The number of nitrogens with one attached hydrogen (secondary N) is 1. The zero-order chi connectivity index (χ0) is 21.3. The topological polar surface area (TPSA) is 88.5 Å². The summed E-state index contributed by atoms with van der Waals surface area (Å²) in [6.45, 7) is 10.8. The first-order valence-electron chi connectivity index (χ1n) is 10.0. The number of hydrogen-bond acceptors (Lipinski definition) is 3. The number of carbonyl (C=O) groups excluding carboxylic acids is 1. The van der Waals surface area contributed by atoms with E-state index < -0.39 is 0 Å². The molecule has 1 aromatic heterocycles. The normalized spacial score (nSPS) is 19.7. The van der Waals surface area contributed by atoms with Gasteiger partial charge in [-0.3, -0.25) is 14.5 Å². The Labute approximate surface area is 196 Å². The number of hydrogen-bond donors (Lipinski definition) is 2. The van der Waals surface area contributed by atoms with Crippen LogP contribution in [0.4, 0.5) is 5.69 Å². The largest absolute Gasteiger partial charge is 0.370 e. The van der Waals surface area contributed by atoms with Gasteiger partial charge in [0.25, 0.3) is 0 Å². The van der Waals surface area contributed by atoms with Crippen LogP contribution < -0.4 is 11.1 Å². The molecule has 1 aliphatic heterocycles. The van der Waals surface area contributed by atoms with Crippen molar-refractivity contribution in [2.75, 3.05) is 11.9 Å². The molecule has 0 saturated carbocycles. The minimum atomic E-state index is -0.279. The van der Waals surface area contributed by atoms with Crippen molar-refractivity contribution in [3.8, 4) is 0 Å². The van der Waals surface area contributed by atoms with E-state index in [9.17, 15) is 4.79 Å². The van der Waals surface area contributed by atoms with E-state index in [4.69, 9.17) is 5.73 Å². The number of aromatic nitrogens is 2. The number of aryl methyl sites for hydroxylation is 3. The Hall–Kier alpha value is -2.10. The molecule has 164 valence electrons. The molecular weight excluding hydrogens is 491 g/mol. The fraction of sp³-hybridized carbons (Fsp3) is 0.500. The molecule has 2 heterocycles. The lowest BCUT2D eigenvalue weighted by molar-refractivity contribution is -0.133. The van der Waals surface area contributed by atoms with Gasteiger partial charge in [0.15, 0.2) is 5.96 Å². The molecule has 2 aromatic rings. The Morgan fingerprint density at radius 1 is 1.27 bits per heavy atom. The van der Waals surface area contributed by atoms with Crippen molar-refractivity contribution in [1.82, 2.24) is 14.7 Å². The molecule has 0 unspecified atom stereocenters. The molecule has 7 nitrogen and oxygen atoms in total. The summed E-state index contributed by atoms with van der Waals surface area (Å²) >= 11 is 0. The van der Waals surface area contributed by atoms with Gasteiger partial charge in [-0.2, -0.15) is 5.10 Å². The van der Waals surface area contributed by atoms with Crippen LogP contribution in [0.15, 0.2) is 35.6 Å². The standard InChI is InChI=1S/C22H32N6O.HI/c1-14-7-15(2)9-18(8-14)26-21(23)24-11-16-10-19(29)28(22(3,4)5)20(16)17-12-25-27(6)13-17;/h7-9,12-13,16,20H,10-11H2,1-6H3,(H3,23,24,26);1H/t16-,20+;/m0./s1. The number of anilines is 1. The highest BCUT2D eigenvalue weighted by Crippen LogP contribution is 2.42. The van der Waals surface area contributed by atoms with E-state index >= 15 is 0 Å². The molecule has 1 aromatic carbocycles. The maximum atomic E-state index is 12.8. The molecule has 3 rings (SSSR count). The number of nitrogens with zero attached hydrogens (tertiary/aromatic N) is 4. The number of amides is 1. The number of likely N-dealkylation sites (tertiary alicyclic amines) is 1. The molecule has 0 spiro atoms. The van der Waals surface area contributed by atoms with E-state index in [-0.39, 0.29) is 47.4 Å². The van der Waals surface area contributed by atoms with Crippen LogP contribution in [0, 0.1) is 19.8 Å². The molecule has 2 atom stereocenters. The second-order valence-electron chi connectivity index (χ2n) is 9.02. The van der Waals surface area contributed by atoms with Crippen molar-refractivity contribution in [1.29, 1.82) is 0 Å². The van der Waals surface area contributed by atoms with E-state index in [0.717, 1.165) is 11.3 Å². The third-order valence-corrected chi connectivity index (χ3v) is 5.21. The van der Waals surface area contributed by atoms with Gasteiger partial charge < -0.3 is 16.0 Å². The summed E-state index contributed by atoms with van der Waals surface area (Å²) in [7, 11) is 1.89. The van der Waals surface area contributed by atoms with Crippen LogP contribution in [0.3, 0.4) is 0 Å². The predicted octanol–water partition coefficient (Wildman–Crippen LogP) is 3.77. The molecule has 1 aliphatic rings. The predicted molar refractivity (Wildman–Crippen MR) is 132 cm³/mol. The van der Waals surface area contributed by atoms with Crippen molar-refractivity contribution < 1.29 is 4.79 Å². The summed E-state index contributed by atoms with van der Waals surface area (Å²) in [6.07, 6.45) is 4.28. The maximum absolute atomic E-state index is 12.8. The fourth-order valence-electron chi connectivity index (χ4n) is 4.22. The van der Waals surface area contributed by atoms with Crippen LogP contribution in [-0.2, 0) is 11.8 Å². The molecular formula is C22H33IN6O. The summed E-state index contributed by atoms with van der Waals surface area (Å²) in [5, 5.41) is 7.48. The van der Waals surface area contributed by atoms with Crippen LogP contribution in [0.2, 0.25) is 0 Å². The molecule has 1 amide bonds. The lowest BCUT2D eigenvalue weighted by Crippen LogP contribution is -2.44. The molecule has 30 heavy (non-hydrogen) atoms. The maximum Gasteiger partial charge on any atom is 0.223 e. The molecule has 1 saturated heterocycles. The lowest BCUT2D eigenvalue weighted by atomic mass is 9.93. The van der Waals surface area contributed by atoms with Gasteiger partial charge in [0.05, 0.1) is 12.2 Å². The second-order valence-corrected chi connectivity index (χ2v) is 9.02. The van der Waals surface area contributed by atoms with Crippen molar-refractivity contribution in [3.05, 3.63) is 47.3 Å². The van der Waals surface area contributed by atoms with Gasteiger partial charge in [0, 0.05) is 48.9 Å². The van der Waals surface area contributed by atoms with E-state index in [1.165, 1.54) is 11.1 Å². The van der Waals surface area contributed by atoms with Crippen LogP contribution in [0.25, 0.3) is 0 Å². The van der Waals surface area contributed by atoms with Gasteiger partial charge in [0.2, 0.25) is 5.91 Å². The third-order valence-electron chi connectivity index (χ3n) is 5.21. The molecule has 0 radical (unpaired) electrons. The number of rotatable bonds is 4. The summed E-state index contributed by atoms with van der Waals surface area (Å²) in [4.78, 5) is 19.4. The molecule has 8 heteroatoms. The summed E-state index contributed by atoms with van der Waals surface area (Å²) in [5.74, 6) is 0.555. The highest BCUT2D eigenvalue weighted by molar-refractivity contribution is 14.0. The number of carbonyl (C=O) groups is 1. The highest BCUT2D eigenvalue weighted by Gasteiger charge is 2.45. The van der Waals surface area contributed by atoms with E-state index in [2.05, 4.69) is 56.1 Å². The Bertz CT molecular complexity index is 910. The van der Waals surface area contributed by atoms with Crippen LogP contribution in [0.1, 0.15) is 49.9 Å². The number of guanidine groups is 1. The average molecular weight is 524 g/mol. The Morgan fingerprint density at radius 3 is 2.43 bits per heavy atom. The van der Waals surface area contributed by atoms with Gasteiger partial charge in [-0.15, -0.1) is 24.0 Å². The first-order chi connectivity index (χ1) is 13.5. The fourth-order valence-corrected chi connectivity index (χ4v) is 4.22. The van der Waals surface area contributed by atoms with Crippen LogP contribution >= 0.6 is 24.0 Å². The van der Waals surface area contributed by atoms with E-state index in [0.29, 0.717) is 18.9 Å². The average Bonchev–Trinajstić information content (AvgIpc) is 3.14. The van der Waals surface area contributed by atoms with Gasteiger partial charge >= 0.3 is 0 Å². The molecule has 3 N–H and O–H groups in total. The minimum Gasteiger partial charge on any atom is -0.370 e. The first kappa shape index (κ1) is 24.2. The van der Waals surface area contributed by atoms with Crippen molar-refractivity contribution in [2.45, 2.75) is 52.6 Å². The van der Waals surface area contributed by atoms with Gasteiger partial charge in [-0.1, -0.05) is 6.07 Å². The number of aliphatic imine (C=N–C) groups is 1. The van der Waals surface area contributed by atoms with E-state index in [1.54, 1.807) is 4.68 Å². The van der Waals surface area contributed by atoms with Crippen molar-refractivity contribution in [3.63, 3.8) is 0 Å². The number of nitrogens with two attached hydrogens (primary N) is 1. The van der Waals surface area contributed by atoms with Gasteiger partial charge in [0.1, 0.15) is 0 Å². The minimum absolute atomic E-state index is 0. The first-order valence-corrected chi connectivity index (χ1v) is 10.0. The van der Waals surface area contributed by atoms with Gasteiger partial charge in [-0.25, -0.2) is 0 Å². The van der Waals surface area contributed by atoms with Crippen LogP contribution in [0.5, 0.6) is 0 Å².